The molecule has 1 atom stereocenters. The SMILES string of the molecule is CCCCCCCCC=CCCCCCCCCOCC(OCCCCCCCCC=CCCCCCCCC)C(C)(C)N. The van der Waals surface area contributed by atoms with Crippen LogP contribution in [-0.4, -0.2) is 31.5 Å². The Labute approximate surface area is 278 Å². The Hall–Kier alpha value is -0.640. The Balaban J connectivity index is 3.55. The molecule has 0 spiro atoms. The molecule has 44 heavy (non-hydrogen) atoms. The zero-order chi connectivity index (χ0) is 32.2. The van der Waals surface area contributed by atoms with Gasteiger partial charge in [-0.15, -0.1) is 0 Å². The van der Waals surface area contributed by atoms with E-state index < -0.39 is 0 Å². The fourth-order valence-electron chi connectivity index (χ4n) is 5.69. The van der Waals surface area contributed by atoms with Gasteiger partial charge in [0.2, 0.25) is 0 Å². The Morgan fingerprint density at radius 3 is 1.14 bits per heavy atom. The predicted octanol–water partition coefficient (Wildman–Crippen LogP) is 13.2. The minimum absolute atomic E-state index is 0.0280. The molecule has 0 aliphatic carbocycles. The summed E-state index contributed by atoms with van der Waals surface area (Å²) in [5.41, 5.74) is 6.04. The molecule has 0 saturated heterocycles. The largest absolute Gasteiger partial charge is 0.379 e. The van der Waals surface area contributed by atoms with E-state index in [2.05, 4.69) is 52.0 Å². The third kappa shape index (κ3) is 34.2. The van der Waals surface area contributed by atoms with Gasteiger partial charge in [-0.25, -0.2) is 0 Å². The van der Waals surface area contributed by atoms with Crippen molar-refractivity contribution in [2.75, 3.05) is 19.8 Å². The van der Waals surface area contributed by atoms with Gasteiger partial charge in [-0.1, -0.05) is 154 Å². The quantitative estimate of drug-likeness (QED) is 0.0560. The first-order valence-electron chi connectivity index (χ1n) is 19.8. The van der Waals surface area contributed by atoms with Crippen molar-refractivity contribution in [3.8, 4) is 0 Å². The summed E-state index contributed by atoms with van der Waals surface area (Å²) in [6.07, 6.45) is 46.9. The first kappa shape index (κ1) is 43.4. The monoisotopic (exact) mass is 620 g/mol. The molecule has 1 unspecified atom stereocenters. The third-order valence-corrected chi connectivity index (χ3v) is 8.87. The predicted molar refractivity (Wildman–Crippen MR) is 198 cm³/mol. The molecule has 0 aromatic rings. The maximum Gasteiger partial charge on any atom is 0.0981 e. The minimum atomic E-state index is -0.369. The molecule has 0 aromatic carbocycles. The lowest BCUT2D eigenvalue weighted by Crippen LogP contribution is -2.49. The van der Waals surface area contributed by atoms with Gasteiger partial charge in [0.15, 0.2) is 0 Å². The highest BCUT2D eigenvalue weighted by atomic mass is 16.5. The second-order valence-corrected chi connectivity index (χ2v) is 14.1. The van der Waals surface area contributed by atoms with E-state index in [0.717, 1.165) is 26.1 Å². The van der Waals surface area contributed by atoms with Crippen molar-refractivity contribution >= 4 is 0 Å². The number of rotatable bonds is 36. The maximum atomic E-state index is 6.41. The molecule has 0 bridgehead atoms. The molecule has 0 rings (SSSR count). The molecule has 0 heterocycles. The average molecular weight is 620 g/mol. The van der Waals surface area contributed by atoms with Crippen LogP contribution in [0.15, 0.2) is 24.3 Å². The summed E-state index contributed by atoms with van der Waals surface area (Å²) in [5.74, 6) is 0. The first-order valence-corrected chi connectivity index (χ1v) is 19.8. The molecule has 0 aromatic heterocycles. The molecule has 2 N–H and O–H groups in total. The van der Waals surface area contributed by atoms with Crippen molar-refractivity contribution in [1.29, 1.82) is 0 Å². The molecule has 0 amide bonds. The Bertz CT molecular complexity index is 594. The molecule has 3 heteroatoms. The van der Waals surface area contributed by atoms with Crippen molar-refractivity contribution in [3.63, 3.8) is 0 Å². The van der Waals surface area contributed by atoms with E-state index in [0.29, 0.717) is 6.61 Å². The molecule has 0 radical (unpaired) electrons. The summed E-state index contributed by atoms with van der Waals surface area (Å²) in [5, 5.41) is 0. The summed E-state index contributed by atoms with van der Waals surface area (Å²) < 4.78 is 12.2. The van der Waals surface area contributed by atoms with Gasteiger partial charge >= 0.3 is 0 Å². The van der Waals surface area contributed by atoms with Crippen LogP contribution in [-0.2, 0) is 9.47 Å². The number of ether oxygens (including phenoxy) is 2. The van der Waals surface area contributed by atoms with E-state index >= 15 is 0 Å². The number of unbranched alkanes of at least 4 members (excludes halogenated alkanes) is 24. The summed E-state index contributed by atoms with van der Waals surface area (Å²) in [6.45, 7) is 10.9. The lowest BCUT2D eigenvalue weighted by Gasteiger charge is -2.30. The highest BCUT2D eigenvalue weighted by molar-refractivity contribution is 4.84. The second-order valence-electron chi connectivity index (χ2n) is 14.1. The first-order chi connectivity index (χ1) is 21.5. The van der Waals surface area contributed by atoms with Crippen LogP contribution in [0.4, 0.5) is 0 Å². The molecule has 0 aliphatic heterocycles. The minimum Gasteiger partial charge on any atom is -0.379 e. The van der Waals surface area contributed by atoms with E-state index in [1.807, 2.05) is 0 Å². The van der Waals surface area contributed by atoms with Gasteiger partial charge in [0.1, 0.15) is 0 Å². The lowest BCUT2D eigenvalue weighted by molar-refractivity contribution is -0.0494. The highest BCUT2D eigenvalue weighted by Gasteiger charge is 2.26. The smallest absolute Gasteiger partial charge is 0.0981 e. The summed E-state index contributed by atoms with van der Waals surface area (Å²) in [4.78, 5) is 0. The van der Waals surface area contributed by atoms with Crippen LogP contribution in [0.5, 0.6) is 0 Å². The summed E-state index contributed by atoms with van der Waals surface area (Å²) in [6, 6.07) is 0. The van der Waals surface area contributed by atoms with Gasteiger partial charge < -0.3 is 15.2 Å². The highest BCUT2D eigenvalue weighted by Crippen LogP contribution is 2.15. The Morgan fingerprint density at radius 1 is 0.455 bits per heavy atom. The van der Waals surface area contributed by atoms with Crippen LogP contribution in [0.1, 0.15) is 207 Å². The lowest BCUT2D eigenvalue weighted by atomic mass is 9.99. The van der Waals surface area contributed by atoms with E-state index in [1.165, 1.54) is 167 Å². The van der Waals surface area contributed by atoms with Crippen molar-refractivity contribution in [1.82, 2.24) is 0 Å². The van der Waals surface area contributed by atoms with Crippen LogP contribution in [0, 0.1) is 0 Å². The van der Waals surface area contributed by atoms with Gasteiger partial charge in [0, 0.05) is 18.8 Å². The number of allylic oxidation sites excluding steroid dienone is 4. The molecule has 0 fully saturated rings. The molecule has 0 saturated carbocycles. The van der Waals surface area contributed by atoms with Gasteiger partial charge in [-0.3, -0.25) is 0 Å². The standard InChI is InChI=1S/C41H81NO2/c1-5-7-9-11-13-15-17-19-21-23-25-27-29-31-33-35-37-43-39-40(41(3,4)42)44-38-36-34-32-30-28-26-24-22-20-18-16-14-12-10-8-6-2/h19-22,40H,5-18,23-39,42H2,1-4H3. The van der Waals surface area contributed by atoms with Gasteiger partial charge in [-0.05, 0) is 78.1 Å². The zero-order valence-electron chi connectivity index (χ0n) is 30.7. The summed E-state index contributed by atoms with van der Waals surface area (Å²) >= 11 is 0. The van der Waals surface area contributed by atoms with Crippen molar-refractivity contribution in [3.05, 3.63) is 24.3 Å². The van der Waals surface area contributed by atoms with E-state index in [4.69, 9.17) is 15.2 Å². The van der Waals surface area contributed by atoms with Crippen LogP contribution < -0.4 is 5.73 Å². The Kier molecular flexibility index (Phi) is 34.7. The Morgan fingerprint density at radius 2 is 0.773 bits per heavy atom. The van der Waals surface area contributed by atoms with Crippen molar-refractivity contribution < 1.29 is 9.47 Å². The number of hydrogen-bond acceptors (Lipinski definition) is 3. The fraction of sp³-hybridized carbons (Fsp3) is 0.902. The van der Waals surface area contributed by atoms with Crippen LogP contribution >= 0.6 is 0 Å². The van der Waals surface area contributed by atoms with Gasteiger partial charge in [0.05, 0.1) is 12.7 Å². The van der Waals surface area contributed by atoms with Crippen molar-refractivity contribution in [2.45, 2.75) is 219 Å². The van der Waals surface area contributed by atoms with Crippen LogP contribution in [0.3, 0.4) is 0 Å². The van der Waals surface area contributed by atoms with Crippen LogP contribution in [0.2, 0.25) is 0 Å². The number of nitrogens with two attached hydrogens (primary N) is 1. The van der Waals surface area contributed by atoms with Gasteiger partial charge in [-0.2, -0.15) is 0 Å². The van der Waals surface area contributed by atoms with Crippen molar-refractivity contribution in [2.24, 2.45) is 5.73 Å². The van der Waals surface area contributed by atoms with E-state index in [-0.39, 0.29) is 11.6 Å². The number of hydrogen-bond donors (Lipinski definition) is 1. The molecular formula is C41H81NO2. The normalized spacial score (nSPS) is 13.1. The van der Waals surface area contributed by atoms with Gasteiger partial charge in [0.25, 0.3) is 0 Å². The zero-order valence-corrected chi connectivity index (χ0v) is 30.7. The van der Waals surface area contributed by atoms with E-state index in [1.54, 1.807) is 0 Å². The van der Waals surface area contributed by atoms with Crippen LogP contribution in [0.25, 0.3) is 0 Å². The topological polar surface area (TPSA) is 44.5 Å². The third-order valence-electron chi connectivity index (χ3n) is 8.87. The molecule has 3 nitrogen and oxygen atoms in total. The molecule has 0 aliphatic rings. The maximum absolute atomic E-state index is 6.41. The summed E-state index contributed by atoms with van der Waals surface area (Å²) in [7, 11) is 0. The van der Waals surface area contributed by atoms with E-state index in [9.17, 15) is 0 Å². The second kappa shape index (κ2) is 35.2. The fourth-order valence-corrected chi connectivity index (χ4v) is 5.69. The average Bonchev–Trinajstić information content (AvgIpc) is 3.00. The molecular weight excluding hydrogens is 538 g/mol. The molecule has 262 valence electrons.